The lowest BCUT2D eigenvalue weighted by molar-refractivity contribution is -0.133. The zero-order valence-corrected chi connectivity index (χ0v) is 20.1. The van der Waals surface area contributed by atoms with Crippen LogP contribution < -0.4 is 5.56 Å². The van der Waals surface area contributed by atoms with Gasteiger partial charge in [0.1, 0.15) is 12.4 Å². The normalized spacial score (nSPS) is 14.0. The smallest absolute Gasteiger partial charge is 0.289 e. The molecule has 5 rings (SSSR count). The lowest BCUT2D eigenvalue weighted by Gasteiger charge is -2.34. The van der Waals surface area contributed by atoms with Crippen LogP contribution in [0, 0.1) is 19.7 Å². The van der Waals surface area contributed by atoms with Gasteiger partial charge in [-0.1, -0.05) is 12.1 Å². The summed E-state index contributed by atoms with van der Waals surface area (Å²) >= 11 is 0. The van der Waals surface area contributed by atoms with Gasteiger partial charge in [0.05, 0.1) is 17.8 Å². The summed E-state index contributed by atoms with van der Waals surface area (Å²) in [6.45, 7) is 5.60. The Bertz CT molecular complexity index is 1480. The fraction of sp³-hybridized carbons (Fsp3) is 0.308. The number of aryl methyl sites for hydroxylation is 2. The molecule has 0 radical (unpaired) electrons. The van der Waals surface area contributed by atoms with Crippen LogP contribution in [-0.2, 0) is 17.9 Å². The van der Waals surface area contributed by atoms with Crippen LogP contribution in [0.3, 0.4) is 0 Å². The van der Waals surface area contributed by atoms with Crippen LogP contribution in [0.2, 0.25) is 0 Å². The van der Waals surface area contributed by atoms with E-state index in [4.69, 9.17) is 4.42 Å². The molecule has 1 aliphatic rings. The second-order valence-corrected chi connectivity index (χ2v) is 8.93. The van der Waals surface area contributed by atoms with E-state index in [-0.39, 0.29) is 35.5 Å². The molecule has 2 amide bonds. The highest BCUT2D eigenvalue weighted by atomic mass is 19.1. The molecule has 0 N–H and O–H groups in total. The van der Waals surface area contributed by atoms with E-state index in [0.717, 1.165) is 22.3 Å². The Morgan fingerprint density at radius 1 is 1.00 bits per heavy atom. The van der Waals surface area contributed by atoms with Gasteiger partial charge in [0.15, 0.2) is 5.76 Å². The Labute approximate surface area is 206 Å². The van der Waals surface area contributed by atoms with Gasteiger partial charge in [0.2, 0.25) is 5.91 Å². The second-order valence-electron chi connectivity index (χ2n) is 8.93. The fourth-order valence-corrected chi connectivity index (χ4v) is 4.71. The van der Waals surface area contributed by atoms with E-state index in [2.05, 4.69) is 5.10 Å². The number of amides is 2. The zero-order valence-electron chi connectivity index (χ0n) is 20.1. The van der Waals surface area contributed by atoms with Gasteiger partial charge in [-0.05, 0) is 43.7 Å². The third-order valence-corrected chi connectivity index (χ3v) is 6.80. The van der Waals surface area contributed by atoms with Gasteiger partial charge in [-0.2, -0.15) is 5.10 Å². The predicted molar refractivity (Wildman–Crippen MR) is 130 cm³/mol. The van der Waals surface area contributed by atoms with Crippen LogP contribution >= 0.6 is 0 Å². The molecule has 1 aliphatic heterocycles. The summed E-state index contributed by atoms with van der Waals surface area (Å²) < 4.78 is 21.7. The minimum Gasteiger partial charge on any atom is -0.459 e. The van der Waals surface area contributed by atoms with Crippen molar-refractivity contribution in [2.75, 3.05) is 26.2 Å². The van der Waals surface area contributed by atoms with Gasteiger partial charge in [-0.15, -0.1) is 0 Å². The quantitative estimate of drug-likeness (QED) is 0.428. The zero-order chi connectivity index (χ0) is 25.4. The van der Waals surface area contributed by atoms with Crippen LogP contribution in [0.15, 0.2) is 58.1 Å². The average Bonchev–Trinajstić information content (AvgIpc) is 3.50. The number of rotatable bonds is 5. The number of carbonyl (C=O) groups is 2. The van der Waals surface area contributed by atoms with Crippen LogP contribution in [0.1, 0.15) is 27.5 Å². The van der Waals surface area contributed by atoms with Gasteiger partial charge in [0.25, 0.3) is 11.5 Å². The van der Waals surface area contributed by atoms with E-state index >= 15 is 0 Å². The number of carbonyl (C=O) groups excluding carboxylic acids is 2. The maximum Gasteiger partial charge on any atom is 0.289 e. The Hall–Kier alpha value is -4.21. The van der Waals surface area contributed by atoms with Crippen molar-refractivity contribution in [1.29, 1.82) is 0 Å². The number of benzene rings is 1. The number of halogens is 1. The van der Waals surface area contributed by atoms with E-state index in [1.807, 2.05) is 18.4 Å². The van der Waals surface area contributed by atoms with E-state index in [0.29, 0.717) is 38.1 Å². The molecule has 0 bridgehead atoms. The summed E-state index contributed by atoms with van der Waals surface area (Å²) in [5.41, 5.74) is 2.24. The summed E-state index contributed by atoms with van der Waals surface area (Å²) in [6, 6.07) is 9.54. The topological polar surface area (TPSA) is 93.6 Å². The van der Waals surface area contributed by atoms with Crippen LogP contribution in [0.25, 0.3) is 10.8 Å². The molecule has 9 nitrogen and oxygen atoms in total. The second kappa shape index (κ2) is 9.44. The van der Waals surface area contributed by atoms with Crippen molar-refractivity contribution >= 4 is 22.6 Å². The third kappa shape index (κ3) is 4.30. The van der Waals surface area contributed by atoms with E-state index in [1.54, 1.807) is 40.3 Å². The molecule has 4 aromatic rings. The Morgan fingerprint density at radius 2 is 1.69 bits per heavy atom. The summed E-state index contributed by atoms with van der Waals surface area (Å²) in [6.07, 6.45) is 3.07. The molecule has 1 fully saturated rings. The van der Waals surface area contributed by atoms with Crippen molar-refractivity contribution < 1.29 is 18.4 Å². The maximum absolute atomic E-state index is 13.3. The fourth-order valence-electron chi connectivity index (χ4n) is 4.71. The van der Waals surface area contributed by atoms with Crippen molar-refractivity contribution in [1.82, 2.24) is 24.1 Å². The van der Waals surface area contributed by atoms with E-state index in [1.165, 1.54) is 23.1 Å². The molecule has 1 aromatic carbocycles. The summed E-state index contributed by atoms with van der Waals surface area (Å²) in [7, 11) is 0. The van der Waals surface area contributed by atoms with Gasteiger partial charge in [-0.3, -0.25) is 14.4 Å². The molecule has 0 saturated carbocycles. The number of furan rings is 1. The van der Waals surface area contributed by atoms with Crippen molar-refractivity contribution in [2.24, 2.45) is 0 Å². The van der Waals surface area contributed by atoms with Gasteiger partial charge in [-0.25, -0.2) is 9.07 Å². The molecule has 1 saturated heterocycles. The Morgan fingerprint density at radius 3 is 2.36 bits per heavy atom. The highest BCUT2D eigenvalue weighted by Gasteiger charge is 2.27. The van der Waals surface area contributed by atoms with Crippen molar-refractivity contribution in [3.05, 3.63) is 87.7 Å². The number of hydrogen-bond donors (Lipinski definition) is 0. The van der Waals surface area contributed by atoms with Crippen molar-refractivity contribution in [3.8, 4) is 0 Å². The first-order valence-electron chi connectivity index (χ1n) is 11.7. The highest BCUT2D eigenvalue weighted by Crippen LogP contribution is 2.23. The Balaban J connectivity index is 1.31. The van der Waals surface area contributed by atoms with Crippen LogP contribution in [0.4, 0.5) is 4.39 Å². The van der Waals surface area contributed by atoms with E-state index in [9.17, 15) is 18.8 Å². The first-order chi connectivity index (χ1) is 17.3. The van der Waals surface area contributed by atoms with Crippen molar-refractivity contribution in [2.45, 2.75) is 26.9 Å². The molecule has 0 aliphatic carbocycles. The largest absolute Gasteiger partial charge is 0.459 e. The summed E-state index contributed by atoms with van der Waals surface area (Å²) in [4.78, 5) is 42.0. The van der Waals surface area contributed by atoms with E-state index < -0.39 is 0 Å². The molecule has 3 aromatic heterocycles. The number of piperazine rings is 1. The molecule has 0 unspecified atom stereocenters. The van der Waals surface area contributed by atoms with Crippen LogP contribution in [-0.4, -0.2) is 62.1 Å². The lowest BCUT2D eigenvalue weighted by Crippen LogP contribution is -2.51. The minimum atomic E-state index is -0.328. The van der Waals surface area contributed by atoms with Gasteiger partial charge >= 0.3 is 0 Å². The van der Waals surface area contributed by atoms with Crippen LogP contribution in [0.5, 0.6) is 0 Å². The number of fused-ring (bicyclic) bond motifs is 1. The van der Waals surface area contributed by atoms with Gasteiger partial charge < -0.3 is 18.8 Å². The monoisotopic (exact) mass is 491 g/mol. The molecule has 0 spiro atoms. The predicted octanol–water partition coefficient (Wildman–Crippen LogP) is 2.58. The molecule has 36 heavy (non-hydrogen) atoms. The molecular weight excluding hydrogens is 465 g/mol. The first kappa shape index (κ1) is 23.5. The number of aromatic nitrogens is 3. The Kier molecular flexibility index (Phi) is 6.17. The lowest BCUT2D eigenvalue weighted by atomic mass is 10.2. The third-order valence-electron chi connectivity index (χ3n) is 6.80. The molecular formula is C26H26FN5O4. The van der Waals surface area contributed by atoms with Gasteiger partial charge in [0, 0.05) is 49.5 Å². The average molecular weight is 492 g/mol. The maximum atomic E-state index is 13.3. The molecule has 186 valence electrons. The highest BCUT2D eigenvalue weighted by molar-refractivity contribution is 5.91. The molecule has 0 atom stereocenters. The summed E-state index contributed by atoms with van der Waals surface area (Å²) in [5.74, 6) is -0.455. The van der Waals surface area contributed by atoms with Crippen molar-refractivity contribution in [3.63, 3.8) is 0 Å². The SMILES string of the molecule is Cc1c2cnn(CC(=O)N3CCN(C(=O)c4ccco4)CC3)c(=O)c2c(C)n1Cc1ccc(F)cc1. The molecule has 4 heterocycles. The standard InChI is InChI=1S/C26H26FN5O4/c1-17-21-14-28-32(26(35)24(21)18(2)31(17)15-19-5-7-20(27)8-6-19)16-23(33)29-9-11-30(12-10-29)25(34)22-4-3-13-36-22/h3-8,13-14H,9-12,15-16H2,1-2H3. The minimum absolute atomic E-state index is 0.178. The first-order valence-corrected chi connectivity index (χ1v) is 11.7. The summed E-state index contributed by atoms with van der Waals surface area (Å²) in [5, 5.41) is 5.52. The molecule has 10 heteroatoms. The number of nitrogens with zero attached hydrogens (tertiary/aromatic N) is 5. The number of hydrogen-bond acceptors (Lipinski definition) is 5.